The zero-order valence-corrected chi connectivity index (χ0v) is 14.4. The van der Waals surface area contributed by atoms with E-state index in [2.05, 4.69) is 24.5 Å². The molecule has 5 heterocycles. The number of pyridine rings is 1. The molecule has 1 N–H and O–H groups in total. The van der Waals surface area contributed by atoms with E-state index in [4.69, 9.17) is 4.74 Å². The fourth-order valence-electron chi connectivity index (χ4n) is 3.83. The van der Waals surface area contributed by atoms with Crippen molar-refractivity contribution in [1.29, 1.82) is 0 Å². The Morgan fingerprint density at radius 2 is 2.12 bits per heavy atom. The molecule has 5 rings (SSSR count). The minimum Gasteiger partial charge on any atom is -0.381 e. The molecule has 0 radical (unpaired) electrons. The van der Waals surface area contributed by atoms with E-state index in [1.54, 1.807) is 12.5 Å². The van der Waals surface area contributed by atoms with Crippen molar-refractivity contribution in [2.75, 3.05) is 19.8 Å². The van der Waals surface area contributed by atoms with Gasteiger partial charge in [-0.05, 0) is 18.9 Å². The summed E-state index contributed by atoms with van der Waals surface area (Å²) in [6.07, 6.45) is 7.90. The van der Waals surface area contributed by atoms with Gasteiger partial charge in [-0.15, -0.1) is 0 Å². The van der Waals surface area contributed by atoms with Crippen LogP contribution in [0.4, 0.5) is 0 Å². The predicted molar refractivity (Wildman–Crippen MR) is 93.7 cm³/mol. The number of nitrogens with one attached hydrogen (secondary N) is 1. The van der Waals surface area contributed by atoms with E-state index >= 15 is 0 Å². The zero-order valence-electron chi connectivity index (χ0n) is 14.4. The molecule has 0 bridgehead atoms. The molecule has 0 aliphatic carbocycles. The molecule has 0 saturated carbocycles. The number of nitrogens with zero attached hydrogens (tertiary/aromatic N) is 5. The van der Waals surface area contributed by atoms with Crippen LogP contribution in [-0.4, -0.2) is 55.1 Å². The Balaban J connectivity index is 1.40. The first kappa shape index (κ1) is 15.5. The maximum atomic E-state index is 12.9. The number of aromatic amines is 1. The maximum absolute atomic E-state index is 12.9. The number of amides is 1. The van der Waals surface area contributed by atoms with Crippen LogP contribution in [0.15, 0.2) is 24.9 Å². The second kappa shape index (κ2) is 6.21. The van der Waals surface area contributed by atoms with Crippen LogP contribution in [0.1, 0.15) is 40.6 Å². The quantitative estimate of drug-likeness (QED) is 0.758. The molecule has 8 nitrogen and oxygen atoms in total. The monoisotopic (exact) mass is 352 g/mol. The van der Waals surface area contributed by atoms with Crippen molar-refractivity contribution in [2.45, 2.75) is 31.8 Å². The number of hydrogen-bond acceptors (Lipinski definition) is 5. The highest BCUT2D eigenvalue weighted by molar-refractivity contribution is 5.96. The summed E-state index contributed by atoms with van der Waals surface area (Å²) in [6, 6.07) is 2.21. The lowest BCUT2D eigenvalue weighted by Crippen LogP contribution is -2.36. The summed E-state index contributed by atoms with van der Waals surface area (Å²) in [7, 11) is 0. The van der Waals surface area contributed by atoms with Crippen LogP contribution in [0, 0.1) is 0 Å². The lowest BCUT2D eigenvalue weighted by molar-refractivity contribution is 0.0704. The fraction of sp³-hybridized carbons (Fsp3) is 0.444. The first-order chi connectivity index (χ1) is 12.8. The summed E-state index contributed by atoms with van der Waals surface area (Å²) in [5.74, 6) is -0.0136. The number of aromatic nitrogens is 5. The van der Waals surface area contributed by atoms with Crippen molar-refractivity contribution >= 4 is 17.1 Å². The third-order valence-electron chi connectivity index (χ3n) is 5.31. The number of rotatable bonds is 2. The Morgan fingerprint density at radius 3 is 3.00 bits per heavy atom. The number of fused-ring (bicyclic) bond motifs is 2. The van der Waals surface area contributed by atoms with Gasteiger partial charge in [-0.2, -0.15) is 0 Å². The molecular weight excluding hydrogens is 332 g/mol. The van der Waals surface area contributed by atoms with E-state index < -0.39 is 0 Å². The van der Waals surface area contributed by atoms with Gasteiger partial charge in [0.15, 0.2) is 5.65 Å². The molecule has 1 fully saturated rings. The summed E-state index contributed by atoms with van der Waals surface area (Å²) in [6.45, 7) is 2.77. The summed E-state index contributed by atoms with van der Waals surface area (Å²) < 4.78 is 7.55. The largest absolute Gasteiger partial charge is 0.381 e. The molecule has 8 heteroatoms. The van der Waals surface area contributed by atoms with Crippen molar-refractivity contribution < 1.29 is 9.53 Å². The lowest BCUT2D eigenvalue weighted by atomic mass is 10.1. The fourth-order valence-corrected chi connectivity index (χ4v) is 3.83. The number of carbonyl (C=O) groups is 1. The molecule has 1 amide bonds. The molecule has 26 heavy (non-hydrogen) atoms. The normalized spacial score (nSPS) is 18.2. The van der Waals surface area contributed by atoms with Crippen LogP contribution in [0.25, 0.3) is 11.2 Å². The van der Waals surface area contributed by atoms with Gasteiger partial charge in [-0.1, -0.05) is 0 Å². The van der Waals surface area contributed by atoms with E-state index in [1.165, 1.54) is 0 Å². The zero-order chi connectivity index (χ0) is 17.5. The first-order valence-corrected chi connectivity index (χ1v) is 9.00. The summed E-state index contributed by atoms with van der Waals surface area (Å²) in [5.41, 5.74) is 4.25. The van der Waals surface area contributed by atoms with Crippen molar-refractivity contribution in [1.82, 2.24) is 29.4 Å². The Morgan fingerprint density at radius 1 is 1.23 bits per heavy atom. The number of imidazole rings is 2. The van der Waals surface area contributed by atoms with Gasteiger partial charge in [-0.25, -0.2) is 15.0 Å². The minimum absolute atomic E-state index is 0.0136. The molecule has 0 unspecified atom stereocenters. The van der Waals surface area contributed by atoms with E-state index in [1.807, 2.05) is 17.3 Å². The summed E-state index contributed by atoms with van der Waals surface area (Å²) >= 11 is 0. The Bertz CT molecular complexity index is 956. The van der Waals surface area contributed by atoms with Crippen LogP contribution >= 0.6 is 0 Å². The highest BCUT2D eigenvalue weighted by Crippen LogP contribution is 2.25. The highest BCUT2D eigenvalue weighted by atomic mass is 16.5. The Kier molecular flexibility index (Phi) is 3.70. The lowest BCUT2D eigenvalue weighted by Gasteiger charge is -2.26. The van der Waals surface area contributed by atoms with E-state index in [0.717, 1.165) is 55.0 Å². The van der Waals surface area contributed by atoms with Crippen LogP contribution < -0.4 is 0 Å². The highest BCUT2D eigenvalue weighted by Gasteiger charge is 2.24. The summed E-state index contributed by atoms with van der Waals surface area (Å²) in [4.78, 5) is 31.2. The van der Waals surface area contributed by atoms with Gasteiger partial charge in [0.25, 0.3) is 5.91 Å². The second-order valence-electron chi connectivity index (χ2n) is 6.87. The molecular formula is C18H20N6O2. The number of hydrogen-bond donors (Lipinski definition) is 1. The molecule has 1 saturated heterocycles. The number of H-pyrrole nitrogens is 1. The smallest absolute Gasteiger partial charge is 0.255 e. The van der Waals surface area contributed by atoms with Crippen LogP contribution in [-0.2, 0) is 17.7 Å². The SMILES string of the molecule is O=C(c1cnc2c(c1)ncn2C1CCOCC1)N1CCc2nc[nH]c2C1. The standard InChI is InChI=1S/C18H20N6O2/c25-18(23-4-1-14-16(9-23)21-10-20-14)12-7-15-17(19-8-12)24(11-22-15)13-2-5-26-6-3-13/h7-8,10-11,13H,1-6,9H2,(H,20,21). The maximum Gasteiger partial charge on any atom is 0.255 e. The van der Waals surface area contributed by atoms with Gasteiger partial charge in [0.1, 0.15) is 5.52 Å². The van der Waals surface area contributed by atoms with Gasteiger partial charge in [0.2, 0.25) is 0 Å². The Labute approximate surface area is 150 Å². The average Bonchev–Trinajstić information content (AvgIpc) is 3.33. The first-order valence-electron chi connectivity index (χ1n) is 9.00. The molecule has 3 aromatic rings. The minimum atomic E-state index is -0.0136. The predicted octanol–water partition coefficient (Wildman–Crippen LogP) is 1.70. The molecule has 0 spiro atoms. The van der Waals surface area contributed by atoms with E-state index in [9.17, 15) is 4.79 Å². The van der Waals surface area contributed by atoms with Crippen molar-refractivity contribution in [3.63, 3.8) is 0 Å². The van der Waals surface area contributed by atoms with Crippen molar-refractivity contribution in [3.8, 4) is 0 Å². The second-order valence-corrected chi connectivity index (χ2v) is 6.87. The topological polar surface area (TPSA) is 88.9 Å². The van der Waals surface area contributed by atoms with Crippen molar-refractivity contribution in [2.24, 2.45) is 0 Å². The average molecular weight is 352 g/mol. The van der Waals surface area contributed by atoms with Gasteiger partial charge >= 0.3 is 0 Å². The summed E-state index contributed by atoms with van der Waals surface area (Å²) in [5, 5.41) is 0. The molecule has 3 aromatic heterocycles. The van der Waals surface area contributed by atoms with E-state index in [-0.39, 0.29) is 5.91 Å². The van der Waals surface area contributed by atoms with Gasteiger partial charge in [0.05, 0.1) is 36.2 Å². The molecule has 2 aliphatic rings. The number of carbonyl (C=O) groups excluding carboxylic acids is 1. The Hall–Kier alpha value is -2.74. The van der Waals surface area contributed by atoms with Gasteiger partial charge < -0.3 is 19.2 Å². The number of ether oxygens (including phenoxy) is 1. The van der Waals surface area contributed by atoms with Gasteiger partial charge in [0, 0.05) is 38.4 Å². The molecule has 134 valence electrons. The van der Waals surface area contributed by atoms with Crippen LogP contribution in [0.2, 0.25) is 0 Å². The third-order valence-corrected chi connectivity index (χ3v) is 5.31. The molecule has 0 atom stereocenters. The van der Waals surface area contributed by atoms with Crippen LogP contribution in [0.5, 0.6) is 0 Å². The van der Waals surface area contributed by atoms with Crippen LogP contribution in [0.3, 0.4) is 0 Å². The molecule has 0 aromatic carbocycles. The van der Waals surface area contributed by atoms with Crippen molar-refractivity contribution in [3.05, 3.63) is 41.9 Å². The van der Waals surface area contributed by atoms with E-state index in [0.29, 0.717) is 24.7 Å². The molecule has 2 aliphatic heterocycles. The van der Waals surface area contributed by atoms with Gasteiger partial charge in [-0.3, -0.25) is 4.79 Å². The third kappa shape index (κ3) is 2.57.